The monoisotopic (exact) mass is 439 g/mol. The topological polar surface area (TPSA) is 84.2 Å². The Balaban J connectivity index is 1.63. The molecule has 0 saturated heterocycles. The molecule has 30 heavy (non-hydrogen) atoms. The van der Waals surface area contributed by atoms with Gasteiger partial charge < -0.3 is 10.4 Å². The van der Waals surface area contributed by atoms with Gasteiger partial charge in [0.25, 0.3) is 11.5 Å². The number of carbonyl (C=O) groups excluding carboxylic acids is 1. The Morgan fingerprint density at radius 3 is 2.57 bits per heavy atom. The first-order chi connectivity index (χ1) is 14.6. The average molecular weight is 440 g/mol. The number of aromatic nitrogens is 2. The fourth-order valence-corrected chi connectivity index (χ4v) is 4.18. The summed E-state index contributed by atoms with van der Waals surface area (Å²) in [5.74, 6) is -0.248. The van der Waals surface area contributed by atoms with E-state index >= 15 is 0 Å². The Morgan fingerprint density at radius 2 is 1.87 bits per heavy atom. The van der Waals surface area contributed by atoms with Crippen LogP contribution >= 0.6 is 22.9 Å². The smallest absolute Gasteiger partial charge is 0.263 e. The van der Waals surface area contributed by atoms with Crippen LogP contribution in [0.1, 0.15) is 15.9 Å². The minimum atomic E-state index is -0.248. The molecule has 152 valence electrons. The molecule has 0 atom stereocenters. The van der Waals surface area contributed by atoms with Crippen molar-refractivity contribution >= 4 is 39.1 Å². The zero-order chi connectivity index (χ0) is 21.1. The molecule has 8 heteroatoms. The van der Waals surface area contributed by atoms with Crippen LogP contribution in [0.25, 0.3) is 21.3 Å². The second-order valence-corrected chi connectivity index (χ2v) is 7.99. The molecule has 0 fully saturated rings. The van der Waals surface area contributed by atoms with Gasteiger partial charge in [0.1, 0.15) is 4.83 Å². The van der Waals surface area contributed by atoms with Crippen LogP contribution in [0, 0.1) is 0 Å². The lowest BCUT2D eigenvalue weighted by Crippen LogP contribution is -2.26. The number of nitrogens with zero attached hydrogens (tertiary/aromatic N) is 2. The van der Waals surface area contributed by atoms with E-state index in [1.807, 2.05) is 17.5 Å². The quantitative estimate of drug-likeness (QED) is 0.481. The van der Waals surface area contributed by atoms with Gasteiger partial charge in [0.05, 0.1) is 24.9 Å². The maximum absolute atomic E-state index is 13.2. The van der Waals surface area contributed by atoms with Crippen LogP contribution in [0.3, 0.4) is 0 Å². The van der Waals surface area contributed by atoms with Crippen molar-refractivity contribution in [3.8, 4) is 11.1 Å². The Kier molecular flexibility index (Phi) is 5.94. The van der Waals surface area contributed by atoms with Crippen LogP contribution in [0.5, 0.6) is 0 Å². The molecule has 0 aliphatic carbocycles. The molecule has 4 aromatic rings. The van der Waals surface area contributed by atoms with E-state index in [1.54, 1.807) is 47.3 Å². The normalized spacial score (nSPS) is 11.0. The Hall–Kier alpha value is -3.00. The van der Waals surface area contributed by atoms with Crippen LogP contribution in [0.2, 0.25) is 5.02 Å². The van der Waals surface area contributed by atoms with Gasteiger partial charge in [-0.15, -0.1) is 11.3 Å². The zero-order valence-corrected chi connectivity index (χ0v) is 17.4. The van der Waals surface area contributed by atoms with Gasteiger partial charge in [0, 0.05) is 28.1 Å². The highest BCUT2D eigenvalue weighted by atomic mass is 35.5. The van der Waals surface area contributed by atoms with Crippen LogP contribution < -0.4 is 10.9 Å². The lowest BCUT2D eigenvalue weighted by Gasteiger charge is -2.08. The lowest BCUT2D eigenvalue weighted by atomic mass is 10.1. The molecule has 0 spiro atoms. The van der Waals surface area contributed by atoms with E-state index in [2.05, 4.69) is 10.3 Å². The second-order valence-electron chi connectivity index (χ2n) is 6.69. The third kappa shape index (κ3) is 4.14. The van der Waals surface area contributed by atoms with Crippen molar-refractivity contribution in [2.45, 2.75) is 6.54 Å². The van der Waals surface area contributed by atoms with E-state index in [0.29, 0.717) is 27.3 Å². The third-order valence-corrected chi connectivity index (χ3v) is 5.82. The van der Waals surface area contributed by atoms with Gasteiger partial charge in [-0.2, -0.15) is 0 Å². The Labute approximate surface area is 181 Å². The van der Waals surface area contributed by atoms with Crippen LogP contribution in [-0.4, -0.2) is 33.7 Å². The van der Waals surface area contributed by atoms with Crippen molar-refractivity contribution < 1.29 is 9.90 Å². The molecule has 2 N–H and O–H groups in total. The molecule has 2 heterocycles. The second kappa shape index (κ2) is 8.79. The minimum absolute atomic E-state index is 0.108. The number of nitrogens with one attached hydrogen (secondary N) is 1. The molecule has 2 aromatic carbocycles. The summed E-state index contributed by atoms with van der Waals surface area (Å²) >= 11 is 7.42. The molecular weight excluding hydrogens is 422 g/mol. The summed E-state index contributed by atoms with van der Waals surface area (Å²) in [7, 11) is 0. The number of hydrogen-bond donors (Lipinski definition) is 2. The molecule has 0 saturated carbocycles. The molecule has 2 aromatic heterocycles. The summed E-state index contributed by atoms with van der Waals surface area (Å²) < 4.78 is 1.56. The number of fused-ring (bicyclic) bond motifs is 1. The SMILES string of the molecule is O=C(NCCO)c1ccc(Cn2cnc3scc(-c4ccc(Cl)cc4)c3c2=O)cc1. The summed E-state index contributed by atoms with van der Waals surface area (Å²) in [6.45, 7) is 0.442. The molecule has 1 amide bonds. The van der Waals surface area contributed by atoms with Crippen molar-refractivity contribution in [3.05, 3.63) is 86.7 Å². The third-order valence-electron chi connectivity index (χ3n) is 4.68. The predicted molar refractivity (Wildman–Crippen MR) is 119 cm³/mol. The van der Waals surface area contributed by atoms with Gasteiger partial charge in [0.15, 0.2) is 0 Å². The number of amides is 1. The van der Waals surface area contributed by atoms with Crippen molar-refractivity contribution in [3.63, 3.8) is 0 Å². The van der Waals surface area contributed by atoms with E-state index < -0.39 is 0 Å². The van der Waals surface area contributed by atoms with Gasteiger partial charge in [-0.05, 0) is 35.4 Å². The highest BCUT2D eigenvalue weighted by Crippen LogP contribution is 2.31. The molecular formula is C22H18ClN3O3S. The van der Waals surface area contributed by atoms with Crippen molar-refractivity contribution in [1.82, 2.24) is 14.9 Å². The van der Waals surface area contributed by atoms with E-state index in [4.69, 9.17) is 16.7 Å². The first-order valence-corrected chi connectivity index (χ1v) is 10.5. The van der Waals surface area contributed by atoms with Gasteiger partial charge in [-0.3, -0.25) is 14.2 Å². The van der Waals surface area contributed by atoms with Crippen molar-refractivity contribution in [2.24, 2.45) is 0 Å². The number of aliphatic hydroxyl groups is 1. The summed E-state index contributed by atoms with van der Waals surface area (Å²) in [6.07, 6.45) is 1.55. The fourth-order valence-electron chi connectivity index (χ4n) is 3.15. The largest absolute Gasteiger partial charge is 0.395 e. The van der Waals surface area contributed by atoms with E-state index in [1.165, 1.54) is 11.3 Å². The van der Waals surface area contributed by atoms with E-state index in [-0.39, 0.29) is 24.6 Å². The Morgan fingerprint density at radius 1 is 1.13 bits per heavy atom. The molecule has 6 nitrogen and oxygen atoms in total. The summed E-state index contributed by atoms with van der Waals surface area (Å²) in [5, 5.41) is 14.6. The predicted octanol–water partition coefficient (Wildman–Crippen LogP) is 3.55. The van der Waals surface area contributed by atoms with Crippen LogP contribution in [0.4, 0.5) is 0 Å². The summed E-state index contributed by atoms with van der Waals surface area (Å²) in [6, 6.07) is 14.4. The van der Waals surface area contributed by atoms with E-state index in [0.717, 1.165) is 16.7 Å². The first kappa shape index (κ1) is 20.3. The van der Waals surface area contributed by atoms with Crippen LogP contribution in [0.15, 0.2) is 65.0 Å². The number of rotatable bonds is 6. The van der Waals surface area contributed by atoms with Crippen molar-refractivity contribution in [1.29, 1.82) is 0 Å². The van der Waals surface area contributed by atoms with Crippen molar-refractivity contribution in [2.75, 3.05) is 13.2 Å². The maximum Gasteiger partial charge on any atom is 0.263 e. The van der Waals surface area contributed by atoms with Gasteiger partial charge in [0.2, 0.25) is 0 Å². The molecule has 0 aliphatic heterocycles. The van der Waals surface area contributed by atoms with Gasteiger partial charge in [-0.1, -0.05) is 35.9 Å². The molecule has 0 bridgehead atoms. The highest BCUT2D eigenvalue weighted by molar-refractivity contribution is 7.17. The zero-order valence-electron chi connectivity index (χ0n) is 15.8. The molecule has 4 rings (SSSR count). The summed E-state index contributed by atoms with van der Waals surface area (Å²) in [5.41, 5.74) is 3.02. The highest BCUT2D eigenvalue weighted by Gasteiger charge is 2.14. The number of aliphatic hydroxyl groups excluding tert-OH is 1. The molecule has 0 aliphatic rings. The fraction of sp³-hybridized carbons (Fsp3) is 0.136. The lowest BCUT2D eigenvalue weighted by molar-refractivity contribution is 0.0945. The van der Waals surface area contributed by atoms with Gasteiger partial charge in [-0.25, -0.2) is 4.98 Å². The van der Waals surface area contributed by atoms with E-state index in [9.17, 15) is 9.59 Å². The average Bonchev–Trinajstić information content (AvgIpc) is 3.20. The standard InChI is InChI=1S/C22H18ClN3O3S/c23-17-7-5-15(6-8-17)18-12-30-21-19(18)22(29)26(13-25-21)11-14-1-3-16(4-2-14)20(28)24-9-10-27/h1-8,12-13,27H,9-11H2,(H,24,28). The maximum atomic E-state index is 13.2. The number of halogens is 1. The summed E-state index contributed by atoms with van der Waals surface area (Å²) in [4.78, 5) is 30.2. The van der Waals surface area contributed by atoms with Gasteiger partial charge >= 0.3 is 0 Å². The van der Waals surface area contributed by atoms with Crippen LogP contribution in [-0.2, 0) is 6.54 Å². The first-order valence-electron chi connectivity index (χ1n) is 9.27. The number of thiophene rings is 1. The number of hydrogen-bond acceptors (Lipinski definition) is 5. The molecule has 0 unspecified atom stereocenters. The molecule has 0 radical (unpaired) electrons. The number of benzene rings is 2. The minimum Gasteiger partial charge on any atom is -0.395 e. The number of carbonyl (C=O) groups is 1. The Bertz CT molecular complexity index is 1250.